The van der Waals surface area contributed by atoms with Crippen molar-refractivity contribution in [2.45, 2.75) is 25.9 Å². The minimum atomic E-state index is -0.470. The fraction of sp³-hybridized carbons (Fsp3) is 0.333. The van der Waals surface area contributed by atoms with Crippen molar-refractivity contribution < 1.29 is 14.3 Å². The van der Waals surface area contributed by atoms with Crippen molar-refractivity contribution in [3.05, 3.63) is 36.2 Å². The molecule has 26 heavy (non-hydrogen) atoms. The topological polar surface area (TPSA) is 86.2 Å². The second-order valence-electron chi connectivity index (χ2n) is 6.13. The Morgan fingerprint density at radius 1 is 1.27 bits per heavy atom. The zero-order valence-electron chi connectivity index (χ0n) is 14.3. The molecule has 2 aromatic heterocycles. The van der Waals surface area contributed by atoms with Gasteiger partial charge in [0.05, 0.1) is 29.3 Å². The average molecular weight is 370 g/mol. The Kier molecular flexibility index (Phi) is 4.77. The Labute approximate surface area is 154 Å². The maximum atomic E-state index is 12.0. The maximum Gasteiger partial charge on any atom is 0.413 e. The summed E-state index contributed by atoms with van der Waals surface area (Å²) in [6, 6.07) is 7.96. The number of rotatable bonds is 3. The van der Waals surface area contributed by atoms with Crippen molar-refractivity contribution >= 4 is 33.5 Å². The van der Waals surface area contributed by atoms with Crippen LogP contribution in [0.5, 0.6) is 0 Å². The smallest absolute Gasteiger partial charge is 0.413 e. The lowest BCUT2D eigenvalue weighted by Crippen LogP contribution is -2.28. The molecule has 1 amide bonds. The van der Waals surface area contributed by atoms with E-state index in [0.717, 1.165) is 39.9 Å². The van der Waals surface area contributed by atoms with Crippen molar-refractivity contribution in [2.24, 2.45) is 0 Å². The van der Waals surface area contributed by atoms with Crippen LogP contribution in [0.3, 0.4) is 0 Å². The molecule has 1 N–H and O–H groups in total. The van der Waals surface area contributed by atoms with Gasteiger partial charge in [-0.05, 0) is 30.7 Å². The Morgan fingerprint density at radius 3 is 2.96 bits per heavy atom. The number of carbonyl (C=O) groups is 1. The van der Waals surface area contributed by atoms with Crippen LogP contribution >= 0.6 is 11.3 Å². The quantitative estimate of drug-likeness (QED) is 0.755. The highest BCUT2D eigenvalue weighted by Crippen LogP contribution is 2.31. The molecule has 8 heteroatoms. The molecule has 0 unspecified atom stereocenters. The van der Waals surface area contributed by atoms with Crippen molar-refractivity contribution in [2.75, 3.05) is 18.5 Å². The van der Waals surface area contributed by atoms with Gasteiger partial charge in [0.25, 0.3) is 0 Å². The van der Waals surface area contributed by atoms with Gasteiger partial charge >= 0.3 is 6.09 Å². The second kappa shape index (κ2) is 7.35. The Bertz CT molecular complexity index is 937. The van der Waals surface area contributed by atoms with E-state index in [0.29, 0.717) is 18.3 Å². The van der Waals surface area contributed by atoms with Crippen LogP contribution in [0, 0.1) is 6.92 Å². The summed E-state index contributed by atoms with van der Waals surface area (Å²) in [5.74, 6) is 0. The molecule has 0 bridgehead atoms. The zero-order chi connectivity index (χ0) is 17.9. The van der Waals surface area contributed by atoms with E-state index in [4.69, 9.17) is 9.47 Å². The highest BCUT2D eigenvalue weighted by molar-refractivity contribution is 7.19. The number of amides is 1. The predicted octanol–water partition coefficient (Wildman–Crippen LogP) is 3.79. The van der Waals surface area contributed by atoms with Crippen molar-refractivity contribution in [3.8, 4) is 10.4 Å². The summed E-state index contributed by atoms with van der Waals surface area (Å²) < 4.78 is 10.7. The molecular weight excluding hydrogens is 352 g/mol. The molecule has 1 aliphatic heterocycles. The fourth-order valence-corrected chi connectivity index (χ4v) is 3.63. The lowest BCUT2D eigenvalue weighted by molar-refractivity contribution is 0.00592. The minimum Gasteiger partial charge on any atom is -0.446 e. The van der Waals surface area contributed by atoms with Gasteiger partial charge in [-0.3, -0.25) is 5.32 Å². The summed E-state index contributed by atoms with van der Waals surface area (Å²) in [7, 11) is 0. The van der Waals surface area contributed by atoms with E-state index in [-0.39, 0.29) is 6.10 Å². The number of hydrogen-bond acceptors (Lipinski definition) is 7. The number of aryl methyl sites for hydroxylation is 1. The highest BCUT2D eigenvalue weighted by atomic mass is 32.1. The van der Waals surface area contributed by atoms with Gasteiger partial charge in [-0.2, -0.15) is 10.2 Å². The molecule has 0 saturated carbocycles. The van der Waals surface area contributed by atoms with Gasteiger partial charge in [-0.1, -0.05) is 17.4 Å². The van der Waals surface area contributed by atoms with Crippen LogP contribution < -0.4 is 5.32 Å². The van der Waals surface area contributed by atoms with Gasteiger partial charge in [0.15, 0.2) is 5.13 Å². The first-order valence-corrected chi connectivity index (χ1v) is 9.25. The number of ether oxygens (including phenoxy) is 2. The van der Waals surface area contributed by atoms with Crippen molar-refractivity contribution in [1.82, 2.24) is 15.2 Å². The van der Waals surface area contributed by atoms with E-state index in [9.17, 15) is 4.79 Å². The molecule has 0 atom stereocenters. The van der Waals surface area contributed by atoms with Crippen LogP contribution in [0.2, 0.25) is 0 Å². The third-order valence-corrected chi connectivity index (χ3v) is 5.11. The molecule has 4 rings (SSSR count). The summed E-state index contributed by atoms with van der Waals surface area (Å²) in [5, 5.41) is 12.5. The lowest BCUT2D eigenvalue weighted by Gasteiger charge is -2.21. The van der Waals surface area contributed by atoms with Gasteiger partial charge in [-0.15, -0.1) is 0 Å². The van der Waals surface area contributed by atoms with E-state index < -0.39 is 6.09 Å². The highest BCUT2D eigenvalue weighted by Gasteiger charge is 2.19. The zero-order valence-corrected chi connectivity index (χ0v) is 15.1. The van der Waals surface area contributed by atoms with Crippen LogP contribution in [0.4, 0.5) is 9.93 Å². The molecule has 1 saturated heterocycles. The predicted molar refractivity (Wildman–Crippen MR) is 99.3 cm³/mol. The number of thiazole rings is 1. The van der Waals surface area contributed by atoms with Crippen LogP contribution in [-0.4, -0.2) is 40.6 Å². The maximum absolute atomic E-state index is 12.0. The van der Waals surface area contributed by atoms with E-state index in [1.165, 1.54) is 11.3 Å². The number of nitrogens with one attached hydrogen (secondary N) is 1. The number of aromatic nitrogens is 3. The van der Waals surface area contributed by atoms with Gasteiger partial charge in [0, 0.05) is 24.4 Å². The summed E-state index contributed by atoms with van der Waals surface area (Å²) in [4.78, 5) is 17.3. The number of anilines is 1. The minimum absolute atomic E-state index is 0.0898. The molecule has 1 aromatic carbocycles. The van der Waals surface area contributed by atoms with Gasteiger partial charge in [0.1, 0.15) is 6.10 Å². The summed E-state index contributed by atoms with van der Waals surface area (Å²) in [5.41, 5.74) is 2.74. The van der Waals surface area contributed by atoms with Crippen LogP contribution in [0.1, 0.15) is 18.5 Å². The van der Waals surface area contributed by atoms with E-state index in [2.05, 4.69) is 26.6 Å². The SMILES string of the molecule is Cc1cc2cc(-c3cnc(NC(=O)OC4CCOCC4)s3)ccc2nn1. The molecule has 1 aliphatic rings. The van der Waals surface area contributed by atoms with Gasteiger partial charge < -0.3 is 9.47 Å². The molecular formula is C18H18N4O3S. The molecule has 7 nitrogen and oxygen atoms in total. The van der Waals surface area contributed by atoms with E-state index in [1.54, 1.807) is 6.20 Å². The van der Waals surface area contributed by atoms with E-state index in [1.807, 2.05) is 25.1 Å². The Morgan fingerprint density at radius 2 is 2.12 bits per heavy atom. The van der Waals surface area contributed by atoms with Crippen molar-refractivity contribution in [1.29, 1.82) is 0 Å². The first-order chi connectivity index (χ1) is 12.7. The van der Waals surface area contributed by atoms with Crippen LogP contribution in [-0.2, 0) is 9.47 Å². The second-order valence-corrected chi connectivity index (χ2v) is 7.16. The third kappa shape index (κ3) is 3.81. The number of nitrogens with zero attached hydrogens (tertiary/aromatic N) is 3. The average Bonchev–Trinajstić information content (AvgIpc) is 3.10. The standard InChI is InChI=1S/C18H18N4O3S/c1-11-8-13-9-12(2-3-15(13)22-21-11)16-10-19-17(26-16)20-18(23)25-14-4-6-24-7-5-14/h2-3,8-10,14H,4-7H2,1H3,(H,19,20,23). The molecule has 0 radical (unpaired) electrons. The molecule has 134 valence electrons. The lowest BCUT2D eigenvalue weighted by atomic mass is 10.1. The number of benzene rings is 1. The molecule has 1 fully saturated rings. The number of carbonyl (C=O) groups excluding carboxylic acids is 1. The normalized spacial score (nSPS) is 15.1. The van der Waals surface area contributed by atoms with Gasteiger partial charge in [0.2, 0.25) is 0 Å². The molecule has 3 heterocycles. The monoisotopic (exact) mass is 370 g/mol. The van der Waals surface area contributed by atoms with Crippen LogP contribution in [0.15, 0.2) is 30.5 Å². The number of hydrogen-bond donors (Lipinski definition) is 1. The molecule has 0 aliphatic carbocycles. The van der Waals surface area contributed by atoms with E-state index >= 15 is 0 Å². The molecule has 0 spiro atoms. The Balaban J connectivity index is 1.46. The summed E-state index contributed by atoms with van der Waals surface area (Å²) >= 11 is 1.41. The largest absolute Gasteiger partial charge is 0.446 e. The van der Waals surface area contributed by atoms with Crippen molar-refractivity contribution in [3.63, 3.8) is 0 Å². The first kappa shape index (κ1) is 16.9. The van der Waals surface area contributed by atoms with Crippen LogP contribution in [0.25, 0.3) is 21.3 Å². The fourth-order valence-electron chi connectivity index (χ4n) is 2.83. The summed E-state index contributed by atoms with van der Waals surface area (Å²) in [6.07, 6.45) is 2.65. The number of fused-ring (bicyclic) bond motifs is 1. The molecule has 3 aromatic rings. The Hall–Kier alpha value is -2.58. The first-order valence-electron chi connectivity index (χ1n) is 8.43. The third-order valence-electron chi connectivity index (χ3n) is 4.15. The summed E-state index contributed by atoms with van der Waals surface area (Å²) in [6.45, 7) is 3.17. The van der Waals surface area contributed by atoms with Gasteiger partial charge in [-0.25, -0.2) is 9.78 Å².